The summed E-state index contributed by atoms with van der Waals surface area (Å²) in [6, 6.07) is 11.1. The van der Waals surface area contributed by atoms with Gasteiger partial charge in [0, 0.05) is 30.7 Å². The molecule has 1 aromatic rings. The number of methoxy groups -OCH3 is 1. The van der Waals surface area contributed by atoms with E-state index in [9.17, 15) is 0 Å². The molecule has 1 N–H and O–H groups in total. The van der Waals surface area contributed by atoms with Crippen LogP contribution in [0.4, 0.5) is 0 Å². The van der Waals surface area contributed by atoms with Crippen molar-refractivity contribution >= 4 is 0 Å². The third-order valence-corrected chi connectivity index (χ3v) is 4.74. The van der Waals surface area contributed by atoms with Crippen LogP contribution in [0.3, 0.4) is 0 Å². The Labute approximate surface area is 122 Å². The monoisotopic (exact) mass is 274 g/mol. The fourth-order valence-corrected chi connectivity index (χ4v) is 3.43. The van der Waals surface area contributed by atoms with Crippen LogP contribution in [0.25, 0.3) is 0 Å². The molecule has 1 aromatic carbocycles. The van der Waals surface area contributed by atoms with Crippen molar-refractivity contribution in [3.05, 3.63) is 29.8 Å². The minimum atomic E-state index is 0.400. The lowest BCUT2D eigenvalue weighted by molar-refractivity contribution is 0.254. The first-order chi connectivity index (χ1) is 9.67. The maximum atomic E-state index is 5.22. The van der Waals surface area contributed by atoms with Crippen LogP contribution in [0.1, 0.15) is 44.7 Å². The molecule has 3 rings (SSSR count). The van der Waals surface area contributed by atoms with Crippen molar-refractivity contribution in [1.29, 1.82) is 0 Å². The molecule has 0 amide bonds. The second kappa shape index (κ2) is 5.74. The third-order valence-electron chi connectivity index (χ3n) is 4.74. The first-order valence-electron chi connectivity index (χ1n) is 7.83. The normalized spacial score (nSPS) is 28.6. The summed E-state index contributed by atoms with van der Waals surface area (Å²) in [5.74, 6) is 0.926. The molecule has 2 unspecified atom stereocenters. The van der Waals surface area contributed by atoms with Gasteiger partial charge in [0.05, 0.1) is 7.11 Å². The maximum Gasteiger partial charge on any atom is 0.118 e. The van der Waals surface area contributed by atoms with E-state index in [2.05, 4.69) is 36.2 Å². The van der Waals surface area contributed by atoms with Crippen molar-refractivity contribution in [1.82, 2.24) is 10.2 Å². The highest BCUT2D eigenvalue weighted by molar-refractivity contribution is 5.28. The van der Waals surface area contributed by atoms with E-state index in [-0.39, 0.29) is 0 Å². The number of hydrogen-bond acceptors (Lipinski definition) is 3. The molecule has 1 aliphatic carbocycles. The zero-order chi connectivity index (χ0) is 14.1. The first-order valence-corrected chi connectivity index (χ1v) is 7.83. The third kappa shape index (κ3) is 2.99. The van der Waals surface area contributed by atoms with E-state index < -0.39 is 0 Å². The van der Waals surface area contributed by atoms with Crippen molar-refractivity contribution in [2.75, 3.05) is 13.7 Å². The van der Waals surface area contributed by atoms with Gasteiger partial charge in [0.2, 0.25) is 0 Å². The molecule has 1 heterocycles. The van der Waals surface area contributed by atoms with Crippen LogP contribution in [0.15, 0.2) is 24.3 Å². The Hall–Kier alpha value is -1.06. The number of rotatable bonds is 5. The highest BCUT2D eigenvalue weighted by Gasteiger charge is 2.38. The molecule has 0 radical (unpaired) electrons. The van der Waals surface area contributed by atoms with Gasteiger partial charge in [0.15, 0.2) is 0 Å². The number of nitrogens with zero attached hydrogens (tertiary/aromatic N) is 1. The van der Waals surface area contributed by atoms with Crippen molar-refractivity contribution < 1.29 is 4.74 Å². The number of nitrogens with one attached hydrogen (secondary N) is 1. The molecule has 0 aromatic heterocycles. The second-order valence-electron chi connectivity index (χ2n) is 6.37. The van der Waals surface area contributed by atoms with E-state index in [1.165, 1.54) is 31.4 Å². The Kier molecular flexibility index (Phi) is 3.99. The van der Waals surface area contributed by atoms with Gasteiger partial charge in [-0.3, -0.25) is 4.90 Å². The van der Waals surface area contributed by atoms with Crippen LogP contribution >= 0.6 is 0 Å². The van der Waals surface area contributed by atoms with Gasteiger partial charge in [-0.05, 0) is 50.8 Å². The summed E-state index contributed by atoms with van der Waals surface area (Å²) in [4.78, 5) is 2.69. The Balaban J connectivity index is 1.56. The van der Waals surface area contributed by atoms with Gasteiger partial charge in [-0.2, -0.15) is 0 Å². The van der Waals surface area contributed by atoms with Crippen LogP contribution in [0.2, 0.25) is 0 Å². The summed E-state index contributed by atoms with van der Waals surface area (Å²) in [5, 5.41) is 3.79. The molecule has 0 bridgehead atoms. The van der Waals surface area contributed by atoms with Crippen LogP contribution in [0, 0.1) is 0 Å². The van der Waals surface area contributed by atoms with Gasteiger partial charge in [-0.25, -0.2) is 0 Å². The van der Waals surface area contributed by atoms with Gasteiger partial charge < -0.3 is 10.1 Å². The molecular formula is C17H26N2O. The lowest BCUT2D eigenvalue weighted by Crippen LogP contribution is -2.35. The fourth-order valence-electron chi connectivity index (χ4n) is 3.43. The average molecular weight is 274 g/mol. The molecule has 1 aliphatic heterocycles. The molecule has 2 fully saturated rings. The quantitative estimate of drug-likeness (QED) is 0.893. The molecule has 110 valence electrons. The highest BCUT2D eigenvalue weighted by Crippen LogP contribution is 2.33. The Morgan fingerprint density at radius 1 is 1.25 bits per heavy atom. The SMILES string of the molecule is COc1ccc([C@H](C)NC2CC(C)N(C3CC3)C2)cc1. The number of ether oxygens (including phenoxy) is 1. The summed E-state index contributed by atoms with van der Waals surface area (Å²) < 4.78 is 5.22. The molecule has 0 spiro atoms. The minimum Gasteiger partial charge on any atom is -0.497 e. The molecule has 3 atom stereocenters. The van der Waals surface area contributed by atoms with Crippen molar-refractivity contribution in [2.24, 2.45) is 0 Å². The minimum absolute atomic E-state index is 0.400. The zero-order valence-electron chi connectivity index (χ0n) is 12.8. The summed E-state index contributed by atoms with van der Waals surface area (Å²) >= 11 is 0. The van der Waals surface area contributed by atoms with Gasteiger partial charge in [0.25, 0.3) is 0 Å². The van der Waals surface area contributed by atoms with Crippen LogP contribution in [0.5, 0.6) is 5.75 Å². The Bertz CT molecular complexity index is 441. The predicted molar refractivity (Wildman–Crippen MR) is 82.1 cm³/mol. The molecule has 3 heteroatoms. The van der Waals surface area contributed by atoms with E-state index >= 15 is 0 Å². The van der Waals surface area contributed by atoms with Crippen LogP contribution < -0.4 is 10.1 Å². The largest absolute Gasteiger partial charge is 0.497 e. The lowest BCUT2D eigenvalue weighted by atomic mass is 10.1. The summed E-state index contributed by atoms with van der Waals surface area (Å²) in [7, 11) is 1.71. The van der Waals surface area contributed by atoms with Gasteiger partial charge in [-0.15, -0.1) is 0 Å². The lowest BCUT2D eigenvalue weighted by Gasteiger charge is -2.21. The van der Waals surface area contributed by atoms with E-state index in [1.807, 2.05) is 12.1 Å². The summed E-state index contributed by atoms with van der Waals surface area (Å²) in [6.45, 7) is 5.84. The van der Waals surface area contributed by atoms with Crippen LogP contribution in [-0.2, 0) is 0 Å². The van der Waals surface area contributed by atoms with Crippen molar-refractivity contribution in [3.63, 3.8) is 0 Å². The van der Waals surface area contributed by atoms with E-state index in [4.69, 9.17) is 4.74 Å². The molecule has 1 saturated carbocycles. The molecule has 1 saturated heterocycles. The van der Waals surface area contributed by atoms with Gasteiger partial charge >= 0.3 is 0 Å². The van der Waals surface area contributed by atoms with E-state index in [1.54, 1.807) is 7.11 Å². The molecule has 3 nitrogen and oxygen atoms in total. The zero-order valence-corrected chi connectivity index (χ0v) is 12.8. The predicted octanol–water partition coefficient (Wildman–Crippen LogP) is 2.97. The molecule has 20 heavy (non-hydrogen) atoms. The average Bonchev–Trinajstić information content (AvgIpc) is 3.23. The topological polar surface area (TPSA) is 24.5 Å². The van der Waals surface area contributed by atoms with E-state index in [0.717, 1.165) is 17.8 Å². The fraction of sp³-hybridized carbons (Fsp3) is 0.647. The number of hydrogen-bond donors (Lipinski definition) is 1. The Morgan fingerprint density at radius 2 is 1.95 bits per heavy atom. The van der Waals surface area contributed by atoms with Gasteiger partial charge in [0.1, 0.15) is 5.75 Å². The summed E-state index contributed by atoms with van der Waals surface area (Å²) in [6.07, 6.45) is 4.09. The second-order valence-corrected chi connectivity index (χ2v) is 6.37. The standard InChI is InChI=1S/C17H26N2O/c1-12-10-15(11-19(12)16-6-7-16)18-13(2)14-4-8-17(20-3)9-5-14/h4-5,8-9,12-13,15-16,18H,6-7,10-11H2,1-3H3/t12?,13-,15?/m0/s1. The Morgan fingerprint density at radius 3 is 2.55 bits per heavy atom. The summed E-state index contributed by atoms with van der Waals surface area (Å²) in [5.41, 5.74) is 1.34. The molecule has 2 aliphatic rings. The number of likely N-dealkylation sites (tertiary alicyclic amines) is 1. The molecular weight excluding hydrogens is 248 g/mol. The first kappa shape index (κ1) is 13.9. The van der Waals surface area contributed by atoms with Crippen molar-refractivity contribution in [3.8, 4) is 5.75 Å². The number of benzene rings is 1. The van der Waals surface area contributed by atoms with Crippen LogP contribution in [-0.4, -0.2) is 36.7 Å². The highest BCUT2D eigenvalue weighted by atomic mass is 16.5. The van der Waals surface area contributed by atoms with Crippen molar-refractivity contribution in [2.45, 2.75) is 57.3 Å². The maximum absolute atomic E-state index is 5.22. The van der Waals surface area contributed by atoms with Gasteiger partial charge in [-0.1, -0.05) is 12.1 Å². The van der Waals surface area contributed by atoms with E-state index in [0.29, 0.717) is 12.1 Å². The smallest absolute Gasteiger partial charge is 0.118 e.